The number of aliphatic carboxylic acids is 1. The summed E-state index contributed by atoms with van der Waals surface area (Å²) in [7, 11) is 1.50. The maximum absolute atomic E-state index is 12.7. The molecule has 200 valence electrons. The highest BCUT2D eigenvalue weighted by molar-refractivity contribution is 7.15. The van der Waals surface area contributed by atoms with Gasteiger partial charge in [-0.2, -0.15) is 0 Å². The van der Waals surface area contributed by atoms with Crippen molar-refractivity contribution in [3.05, 3.63) is 99.0 Å². The van der Waals surface area contributed by atoms with E-state index in [1.165, 1.54) is 18.4 Å². The molecule has 3 aromatic carbocycles. The van der Waals surface area contributed by atoms with E-state index in [2.05, 4.69) is 10.3 Å². The van der Waals surface area contributed by atoms with Crippen molar-refractivity contribution in [2.75, 3.05) is 13.7 Å². The van der Waals surface area contributed by atoms with E-state index < -0.39 is 18.1 Å². The van der Waals surface area contributed by atoms with Gasteiger partial charge in [-0.1, -0.05) is 66.2 Å². The Morgan fingerprint density at radius 3 is 2.36 bits per heavy atom. The second kappa shape index (κ2) is 11.8. The number of carbonyl (C=O) groups is 2. The molecule has 1 unspecified atom stereocenters. The summed E-state index contributed by atoms with van der Waals surface area (Å²) >= 11 is 7.18. The van der Waals surface area contributed by atoms with Crippen molar-refractivity contribution in [2.24, 2.45) is 0 Å². The Bertz CT molecular complexity index is 1460. The number of rotatable bonds is 10. The number of methoxy groups -OCH3 is 1. The summed E-state index contributed by atoms with van der Waals surface area (Å²) in [6.07, 6.45) is 0.875. The average Bonchev–Trinajstić information content (AvgIpc) is 3.51. The van der Waals surface area contributed by atoms with E-state index in [9.17, 15) is 14.7 Å². The van der Waals surface area contributed by atoms with Crippen LogP contribution < -0.4 is 14.8 Å². The quantitative estimate of drug-likeness (QED) is 0.246. The molecule has 4 aromatic rings. The van der Waals surface area contributed by atoms with E-state index in [0.717, 1.165) is 27.1 Å². The average molecular weight is 565 g/mol. The molecule has 8 nitrogen and oxygen atoms in total. The lowest BCUT2D eigenvalue weighted by molar-refractivity contribution is -0.139. The van der Waals surface area contributed by atoms with Gasteiger partial charge < -0.3 is 24.6 Å². The lowest BCUT2D eigenvalue weighted by atomic mass is 9.98. The number of fused-ring (bicyclic) bond motifs is 3. The van der Waals surface area contributed by atoms with Gasteiger partial charge in [-0.05, 0) is 39.9 Å². The summed E-state index contributed by atoms with van der Waals surface area (Å²) in [6.45, 7) is 0.359. The summed E-state index contributed by atoms with van der Waals surface area (Å²) in [5.41, 5.74) is 5.03. The molecule has 0 aliphatic heterocycles. The van der Waals surface area contributed by atoms with E-state index in [4.69, 9.17) is 25.8 Å². The molecule has 1 heterocycles. The first kappa shape index (κ1) is 26.5. The first-order chi connectivity index (χ1) is 18.9. The van der Waals surface area contributed by atoms with Gasteiger partial charge in [-0.15, -0.1) is 11.3 Å². The largest absolute Gasteiger partial charge is 0.493 e. The van der Waals surface area contributed by atoms with Crippen molar-refractivity contribution in [3.8, 4) is 22.6 Å². The lowest BCUT2D eigenvalue weighted by Gasteiger charge is -2.18. The fourth-order valence-corrected chi connectivity index (χ4v) is 5.57. The number of carbonyl (C=O) groups excluding carboxylic acids is 1. The van der Waals surface area contributed by atoms with Gasteiger partial charge in [0, 0.05) is 18.5 Å². The van der Waals surface area contributed by atoms with Crippen LogP contribution in [0.4, 0.5) is 4.79 Å². The Hall–Kier alpha value is -4.08. The number of carboxylic acid groups (broad SMARTS) is 1. The number of benzene rings is 3. The summed E-state index contributed by atoms with van der Waals surface area (Å²) in [4.78, 5) is 29.5. The Morgan fingerprint density at radius 2 is 1.74 bits per heavy atom. The van der Waals surface area contributed by atoms with Crippen LogP contribution in [0.3, 0.4) is 0 Å². The Morgan fingerprint density at radius 1 is 1.05 bits per heavy atom. The molecule has 39 heavy (non-hydrogen) atoms. The molecule has 5 rings (SSSR count). The third kappa shape index (κ3) is 6.00. The van der Waals surface area contributed by atoms with Gasteiger partial charge in [-0.25, -0.2) is 14.6 Å². The molecule has 1 atom stereocenters. The van der Waals surface area contributed by atoms with Gasteiger partial charge in [0.1, 0.15) is 19.3 Å². The zero-order valence-corrected chi connectivity index (χ0v) is 22.5. The minimum absolute atomic E-state index is 0.0284. The fourth-order valence-electron chi connectivity index (χ4n) is 4.68. The topological polar surface area (TPSA) is 107 Å². The minimum Gasteiger partial charge on any atom is -0.493 e. The number of ether oxygens (including phenoxy) is 3. The van der Waals surface area contributed by atoms with Crippen LogP contribution in [-0.4, -0.2) is 41.9 Å². The SMILES string of the molecule is COc1cc(CC(NC(=O)OCC2c3ccccc3-c3ccccc32)C(=O)O)ccc1OCc1cnc(Cl)s1. The van der Waals surface area contributed by atoms with Crippen LogP contribution in [0, 0.1) is 0 Å². The summed E-state index contributed by atoms with van der Waals surface area (Å²) in [5.74, 6) is -0.371. The third-order valence-corrected chi connectivity index (χ3v) is 7.59. The molecule has 0 fully saturated rings. The molecule has 0 spiro atoms. The second-order valence-corrected chi connectivity index (χ2v) is 10.6. The molecule has 10 heteroatoms. The highest BCUT2D eigenvalue weighted by atomic mass is 35.5. The van der Waals surface area contributed by atoms with Gasteiger partial charge in [-0.3, -0.25) is 0 Å². The predicted molar refractivity (Wildman–Crippen MR) is 148 cm³/mol. The third-order valence-electron chi connectivity index (χ3n) is 6.50. The van der Waals surface area contributed by atoms with Crippen LogP contribution in [0.25, 0.3) is 11.1 Å². The van der Waals surface area contributed by atoms with E-state index in [1.54, 1.807) is 24.4 Å². The molecule has 0 radical (unpaired) electrons. The van der Waals surface area contributed by atoms with Crippen LogP contribution >= 0.6 is 22.9 Å². The zero-order chi connectivity index (χ0) is 27.4. The van der Waals surface area contributed by atoms with Crippen molar-refractivity contribution in [2.45, 2.75) is 25.0 Å². The Balaban J connectivity index is 1.21. The van der Waals surface area contributed by atoms with Gasteiger partial charge in [0.2, 0.25) is 0 Å². The number of hydrogen-bond acceptors (Lipinski definition) is 7. The molecule has 0 bridgehead atoms. The number of carboxylic acids is 1. The van der Waals surface area contributed by atoms with Crippen molar-refractivity contribution in [1.29, 1.82) is 0 Å². The van der Waals surface area contributed by atoms with Gasteiger partial charge >= 0.3 is 12.1 Å². The number of amides is 1. The van der Waals surface area contributed by atoms with Crippen molar-refractivity contribution >= 4 is 35.0 Å². The van der Waals surface area contributed by atoms with Crippen molar-refractivity contribution in [1.82, 2.24) is 10.3 Å². The molecule has 1 aliphatic rings. The molecular formula is C29H25ClN2O6S. The van der Waals surface area contributed by atoms with Crippen LogP contribution in [0.5, 0.6) is 11.5 Å². The zero-order valence-electron chi connectivity index (χ0n) is 20.9. The van der Waals surface area contributed by atoms with Crippen LogP contribution in [0.2, 0.25) is 4.47 Å². The smallest absolute Gasteiger partial charge is 0.407 e. The fraction of sp³-hybridized carbons (Fsp3) is 0.207. The highest BCUT2D eigenvalue weighted by Crippen LogP contribution is 2.44. The Kier molecular flexibility index (Phi) is 7.99. The number of alkyl carbamates (subject to hydrolysis) is 1. The van der Waals surface area contributed by atoms with Gasteiger partial charge in [0.05, 0.1) is 12.0 Å². The normalized spacial score (nSPS) is 12.8. The van der Waals surface area contributed by atoms with E-state index in [0.29, 0.717) is 21.5 Å². The molecule has 1 aliphatic carbocycles. The van der Waals surface area contributed by atoms with Crippen molar-refractivity contribution < 1.29 is 28.9 Å². The minimum atomic E-state index is -1.20. The number of aromatic nitrogens is 1. The number of nitrogens with zero attached hydrogens (tertiary/aromatic N) is 1. The molecule has 1 aromatic heterocycles. The lowest BCUT2D eigenvalue weighted by Crippen LogP contribution is -2.42. The number of halogens is 1. The van der Waals surface area contributed by atoms with Crippen LogP contribution in [-0.2, 0) is 22.6 Å². The first-order valence-electron chi connectivity index (χ1n) is 12.2. The standard InChI is InChI=1S/C29H25ClN2O6S/c1-36-26-13-17(10-11-25(26)37-15-18-14-31-28(30)39-18)12-24(27(33)34)32-29(35)38-16-23-21-8-4-2-6-19(21)20-7-3-5-9-22(20)23/h2-11,13-14,23-24H,12,15-16H2,1H3,(H,32,35)(H,33,34). The molecule has 2 N–H and O–H groups in total. The maximum atomic E-state index is 12.7. The van der Waals surface area contributed by atoms with E-state index in [-0.39, 0.29) is 25.6 Å². The number of hydrogen-bond donors (Lipinski definition) is 2. The molecular weight excluding hydrogens is 540 g/mol. The maximum Gasteiger partial charge on any atom is 0.407 e. The summed E-state index contributed by atoms with van der Waals surface area (Å²) in [6, 6.07) is 19.9. The summed E-state index contributed by atoms with van der Waals surface area (Å²) < 4.78 is 17.2. The molecule has 0 saturated heterocycles. The number of nitrogens with one attached hydrogen (secondary N) is 1. The molecule has 1 amide bonds. The van der Waals surface area contributed by atoms with Gasteiger partial charge in [0.25, 0.3) is 0 Å². The predicted octanol–water partition coefficient (Wildman–Crippen LogP) is 5.92. The summed E-state index contributed by atoms with van der Waals surface area (Å²) in [5, 5.41) is 12.3. The van der Waals surface area contributed by atoms with E-state index in [1.807, 2.05) is 48.5 Å². The second-order valence-electron chi connectivity index (χ2n) is 8.92. The van der Waals surface area contributed by atoms with Gasteiger partial charge in [0.15, 0.2) is 16.0 Å². The number of thiazole rings is 1. The monoisotopic (exact) mass is 564 g/mol. The first-order valence-corrected chi connectivity index (χ1v) is 13.4. The van der Waals surface area contributed by atoms with E-state index >= 15 is 0 Å². The Labute approximate surface area is 234 Å². The highest BCUT2D eigenvalue weighted by Gasteiger charge is 2.30. The van der Waals surface area contributed by atoms with Crippen molar-refractivity contribution in [3.63, 3.8) is 0 Å². The van der Waals surface area contributed by atoms with Crippen LogP contribution in [0.1, 0.15) is 27.5 Å². The van der Waals surface area contributed by atoms with Crippen LogP contribution in [0.15, 0.2) is 72.9 Å². The molecule has 0 saturated carbocycles.